The molecule has 0 radical (unpaired) electrons. The van der Waals surface area contributed by atoms with Crippen LogP contribution in [0.3, 0.4) is 0 Å². The Kier molecular flexibility index (Phi) is 5.45. The lowest BCUT2D eigenvalue weighted by Gasteiger charge is -2.36. The largest absolute Gasteiger partial charge is 0.379 e. The van der Waals surface area contributed by atoms with E-state index in [1.54, 1.807) is 0 Å². The highest BCUT2D eigenvalue weighted by atomic mass is 16.5. The summed E-state index contributed by atoms with van der Waals surface area (Å²) in [6.07, 6.45) is 2.78. The molecule has 3 heteroatoms. The van der Waals surface area contributed by atoms with E-state index in [1.165, 1.54) is 0 Å². The van der Waals surface area contributed by atoms with Gasteiger partial charge in [-0.25, -0.2) is 0 Å². The van der Waals surface area contributed by atoms with Crippen molar-refractivity contribution in [3.8, 4) is 0 Å². The summed E-state index contributed by atoms with van der Waals surface area (Å²) in [5.74, 6) is 0. The van der Waals surface area contributed by atoms with Crippen molar-refractivity contribution in [2.75, 3.05) is 19.8 Å². The number of hydrogen-bond donors (Lipinski definition) is 1. The molecule has 0 atom stereocenters. The normalized spacial score (nSPS) is 26.6. The van der Waals surface area contributed by atoms with E-state index >= 15 is 0 Å². The van der Waals surface area contributed by atoms with Gasteiger partial charge < -0.3 is 14.8 Å². The molecule has 1 aliphatic carbocycles. The summed E-state index contributed by atoms with van der Waals surface area (Å²) < 4.78 is 10.8. The van der Waals surface area contributed by atoms with Gasteiger partial charge in [0.1, 0.15) is 0 Å². The first-order valence-electron chi connectivity index (χ1n) is 5.67. The molecule has 0 spiro atoms. The first kappa shape index (κ1) is 12.0. The Balaban J connectivity index is 1.89. The van der Waals surface area contributed by atoms with Crippen LogP contribution in [-0.2, 0) is 9.47 Å². The van der Waals surface area contributed by atoms with Crippen LogP contribution in [0.4, 0.5) is 0 Å². The molecule has 0 aromatic heterocycles. The van der Waals surface area contributed by atoms with Crippen LogP contribution in [0, 0.1) is 0 Å². The van der Waals surface area contributed by atoms with Gasteiger partial charge in [-0.05, 0) is 19.8 Å². The molecule has 1 saturated carbocycles. The molecule has 0 heterocycles. The molecule has 0 aromatic carbocycles. The van der Waals surface area contributed by atoms with E-state index in [0.717, 1.165) is 32.7 Å². The molecule has 0 aliphatic heterocycles. The molecular formula is C11H23NO2. The Hall–Kier alpha value is -0.120. The Bertz CT molecular complexity index is 144. The minimum atomic E-state index is 0.465. The van der Waals surface area contributed by atoms with Crippen LogP contribution in [0.25, 0.3) is 0 Å². The first-order valence-corrected chi connectivity index (χ1v) is 5.67. The first-order chi connectivity index (χ1) is 6.72. The number of ether oxygens (including phenoxy) is 2. The van der Waals surface area contributed by atoms with Gasteiger partial charge in [0.05, 0.1) is 19.3 Å². The van der Waals surface area contributed by atoms with Crippen molar-refractivity contribution in [3.05, 3.63) is 0 Å². The molecular weight excluding hydrogens is 178 g/mol. The third-order valence-electron chi connectivity index (χ3n) is 2.45. The Morgan fingerprint density at radius 3 is 2.57 bits per heavy atom. The van der Waals surface area contributed by atoms with Gasteiger partial charge in [0, 0.05) is 18.7 Å². The predicted molar refractivity (Wildman–Crippen MR) is 57.5 cm³/mol. The molecule has 0 aromatic rings. The van der Waals surface area contributed by atoms with Gasteiger partial charge in [0.15, 0.2) is 0 Å². The second kappa shape index (κ2) is 6.38. The molecule has 3 nitrogen and oxygen atoms in total. The summed E-state index contributed by atoms with van der Waals surface area (Å²) in [5, 5.41) is 3.50. The maximum absolute atomic E-state index is 5.63. The summed E-state index contributed by atoms with van der Waals surface area (Å²) in [4.78, 5) is 0. The van der Waals surface area contributed by atoms with E-state index in [2.05, 4.69) is 19.2 Å². The smallest absolute Gasteiger partial charge is 0.0704 e. The zero-order valence-corrected chi connectivity index (χ0v) is 9.58. The summed E-state index contributed by atoms with van der Waals surface area (Å²) in [6, 6.07) is 1.26. The maximum atomic E-state index is 5.63. The zero-order chi connectivity index (χ0) is 10.4. The van der Waals surface area contributed by atoms with Crippen LogP contribution in [-0.4, -0.2) is 38.0 Å². The monoisotopic (exact) mass is 201 g/mol. The van der Waals surface area contributed by atoms with Gasteiger partial charge in [-0.1, -0.05) is 13.8 Å². The minimum Gasteiger partial charge on any atom is -0.379 e. The highest BCUT2D eigenvalue weighted by Gasteiger charge is 2.29. The molecule has 0 saturated heterocycles. The van der Waals surface area contributed by atoms with Crippen molar-refractivity contribution in [1.82, 2.24) is 5.32 Å². The number of rotatable bonds is 7. The average molecular weight is 201 g/mol. The van der Waals surface area contributed by atoms with E-state index in [0.29, 0.717) is 18.2 Å². The van der Waals surface area contributed by atoms with Crippen molar-refractivity contribution < 1.29 is 9.47 Å². The van der Waals surface area contributed by atoms with E-state index in [4.69, 9.17) is 9.47 Å². The summed E-state index contributed by atoms with van der Waals surface area (Å²) in [6.45, 7) is 8.63. The lowest BCUT2D eigenvalue weighted by molar-refractivity contribution is -0.0415. The Morgan fingerprint density at radius 2 is 2.00 bits per heavy atom. The molecule has 1 fully saturated rings. The molecule has 0 bridgehead atoms. The van der Waals surface area contributed by atoms with Crippen molar-refractivity contribution in [2.45, 2.75) is 51.8 Å². The van der Waals surface area contributed by atoms with Crippen LogP contribution in [0.1, 0.15) is 33.6 Å². The van der Waals surface area contributed by atoms with Gasteiger partial charge in [0.25, 0.3) is 0 Å². The van der Waals surface area contributed by atoms with Gasteiger partial charge in [0.2, 0.25) is 0 Å². The van der Waals surface area contributed by atoms with E-state index in [-0.39, 0.29) is 0 Å². The van der Waals surface area contributed by atoms with Crippen LogP contribution in [0.15, 0.2) is 0 Å². The van der Waals surface area contributed by atoms with Gasteiger partial charge in [-0.3, -0.25) is 0 Å². The molecule has 0 unspecified atom stereocenters. The van der Waals surface area contributed by atoms with Crippen LogP contribution < -0.4 is 5.32 Å². The quantitative estimate of drug-likeness (QED) is 0.634. The lowest BCUT2D eigenvalue weighted by Crippen LogP contribution is -2.48. The van der Waals surface area contributed by atoms with E-state index in [1.807, 2.05) is 6.92 Å². The highest BCUT2D eigenvalue weighted by Crippen LogP contribution is 2.23. The zero-order valence-electron chi connectivity index (χ0n) is 9.58. The van der Waals surface area contributed by atoms with Crippen LogP contribution in [0.5, 0.6) is 0 Å². The summed E-state index contributed by atoms with van der Waals surface area (Å²) >= 11 is 0. The molecule has 84 valence electrons. The third-order valence-corrected chi connectivity index (χ3v) is 2.45. The second-order valence-electron chi connectivity index (χ2n) is 4.18. The van der Waals surface area contributed by atoms with Crippen molar-refractivity contribution >= 4 is 0 Å². The van der Waals surface area contributed by atoms with Crippen molar-refractivity contribution in [2.24, 2.45) is 0 Å². The van der Waals surface area contributed by atoms with Crippen LogP contribution >= 0.6 is 0 Å². The van der Waals surface area contributed by atoms with E-state index < -0.39 is 0 Å². The molecule has 0 amide bonds. The van der Waals surface area contributed by atoms with E-state index in [9.17, 15) is 0 Å². The lowest BCUT2D eigenvalue weighted by atomic mass is 9.89. The highest BCUT2D eigenvalue weighted by molar-refractivity contribution is 4.86. The molecule has 1 aliphatic rings. The second-order valence-corrected chi connectivity index (χ2v) is 4.18. The minimum absolute atomic E-state index is 0.465. The Labute approximate surface area is 87.2 Å². The Morgan fingerprint density at radius 1 is 1.29 bits per heavy atom. The van der Waals surface area contributed by atoms with Crippen molar-refractivity contribution in [3.63, 3.8) is 0 Å². The molecule has 1 rings (SSSR count). The van der Waals surface area contributed by atoms with Crippen LogP contribution in [0.2, 0.25) is 0 Å². The van der Waals surface area contributed by atoms with Crippen molar-refractivity contribution in [1.29, 1.82) is 0 Å². The third kappa shape index (κ3) is 4.40. The fraction of sp³-hybridized carbons (Fsp3) is 1.00. The van der Waals surface area contributed by atoms with Gasteiger partial charge >= 0.3 is 0 Å². The molecule has 1 N–H and O–H groups in total. The summed E-state index contributed by atoms with van der Waals surface area (Å²) in [5.41, 5.74) is 0. The number of hydrogen-bond acceptors (Lipinski definition) is 3. The summed E-state index contributed by atoms with van der Waals surface area (Å²) in [7, 11) is 0. The van der Waals surface area contributed by atoms with Gasteiger partial charge in [-0.15, -0.1) is 0 Å². The average Bonchev–Trinajstić information content (AvgIpc) is 2.06. The fourth-order valence-corrected chi connectivity index (χ4v) is 1.73. The molecule has 14 heavy (non-hydrogen) atoms. The predicted octanol–water partition coefficient (Wildman–Crippen LogP) is 1.57. The van der Waals surface area contributed by atoms with Gasteiger partial charge in [-0.2, -0.15) is 0 Å². The fourth-order valence-electron chi connectivity index (χ4n) is 1.73. The number of nitrogens with one attached hydrogen (secondary N) is 1. The standard InChI is InChI=1S/C11H23NO2/c1-4-13-5-6-14-11-7-10(8-11)12-9(2)3/h9-12H,4-8H2,1-3H3/t10-,11+. The maximum Gasteiger partial charge on any atom is 0.0704 e. The SMILES string of the molecule is CCOCCO[C@H]1C[C@@H](NC(C)C)C1. The topological polar surface area (TPSA) is 30.5 Å².